The van der Waals surface area contributed by atoms with Crippen molar-refractivity contribution in [3.05, 3.63) is 41.5 Å². The lowest BCUT2D eigenvalue weighted by Gasteiger charge is -2.18. The second-order valence-electron chi connectivity index (χ2n) is 5.37. The largest absolute Gasteiger partial charge is 0.481 e. The van der Waals surface area contributed by atoms with Gasteiger partial charge in [0.1, 0.15) is 0 Å². The summed E-state index contributed by atoms with van der Waals surface area (Å²) in [4.78, 5) is 21.8. The summed E-state index contributed by atoms with van der Waals surface area (Å²) in [5, 5.41) is 9.04. The van der Waals surface area contributed by atoms with Crippen LogP contribution in [-0.4, -0.2) is 16.9 Å². The van der Waals surface area contributed by atoms with Crippen LogP contribution < -0.4 is 0 Å². The summed E-state index contributed by atoms with van der Waals surface area (Å²) in [6.45, 7) is 4.98. The molecular formula is C16H20O3. The molecule has 1 aromatic carbocycles. The number of carbonyl (C=O) groups is 2. The number of aliphatic carboxylic acids is 1. The first kappa shape index (κ1) is 15.2. The predicted molar refractivity (Wildman–Crippen MR) is 75.9 cm³/mol. The number of benzene rings is 1. The molecule has 0 fully saturated rings. The van der Waals surface area contributed by atoms with E-state index >= 15 is 0 Å². The maximum absolute atomic E-state index is 11.0. The Hall–Kier alpha value is -1.90. The third-order valence-electron chi connectivity index (χ3n) is 3.11. The molecule has 1 rings (SSSR count). The SMILES string of the molecule is CC(=O)/C=C/c1ccc(CCC(C)(C)C(=O)O)cc1. The molecule has 0 saturated carbocycles. The van der Waals surface area contributed by atoms with E-state index in [0.29, 0.717) is 6.42 Å². The molecule has 0 aliphatic carbocycles. The third-order valence-corrected chi connectivity index (χ3v) is 3.11. The molecule has 0 unspecified atom stereocenters. The first-order valence-corrected chi connectivity index (χ1v) is 6.32. The van der Waals surface area contributed by atoms with Crippen LogP contribution in [0.3, 0.4) is 0 Å². The molecule has 1 aromatic rings. The summed E-state index contributed by atoms with van der Waals surface area (Å²) in [5.74, 6) is -0.749. The standard InChI is InChI=1S/C16H20O3/c1-12(17)4-5-13-6-8-14(9-7-13)10-11-16(2,3)15(18)19/h4-9H,10-11H2,1-3H3,(H,18,19)/b5-4+. The van der Waals surface area contributed by atoms with E-state index in [-0.39, 0.29) is 5.78 Å². The number of ketones is 1. The van der Waals surface area contributed by atoms with E-state index in [1.54, 1.807) is 19.9 Å². The summed E-state index contributed by atoms with van der Waals surface area (Å²) in [5.41, 5.74) is 1.37. The Morgan fingerprint density at radius 2 is 1.79 bits per heavy atom. The molecule has 0 spiro atoms. The zero-order valence-electron chi connectivity index (χ0n) is 11.6. The Kier molecular flexibility index (Phi) is 5.04. The number of carbonyl (C=O) groups excluding carboxylic acids is 1. The van der Waals surface area contributed by atoms with Crippen LogP contribution in [0.1, 0.15) is 38.3 Å². The molecule has 0 atom stereocenters. The average molecular weight is 260 g/mol. The fraction of sp³-hybridized carbons (Fsp3) is 0.375. The topological polar surface area (TPSA) is 54.4 Å². The molecule has 102 valence electrons. The van der Waals surface area contributed by atoms with Crippen molar-refractivity contribution >= 4 is 17.8 Å². The van der Waals surface area contributed by atoms with Gasteiger partial charge in [-0.2, -0.15) is 0 Å². The van der Waals surface area contributed by atoms with Crippen molar-refractivity contribution in [2.24, 2.45) is 5.41 Å². The number of carboxylic acids is 1. The van der Waals surface area contributed by atoms with E-state index in [1.807, 2.05) is 24.3 Å². The molecule has 0 saturated heterocycles. The van der Waals surface area contributed by atoms with Crippen LogP contribution in [-0.2, 0) is 16.0 Å². The molecule has 0 aliphatic rings. The summed E-state index contributed by atoms with van der Waals surface area (Å²) in [6, 6.07) is 7.81. The molecule has 3 nitrogen and oxygen atoms in total. The molecule has 1 N–H and O–H groups in total. The zero-order valence-corrected chi connectivity index (χ0v) is 11.6. The van der Waals surface area contributed by atoms with Gasteiger partial charge in [-0.15, -0.1) is 0 Å². The Morgan fingerprint density at radius 3 is 2.26 bits per heavy atom. The van der Waals surface area contributed by atoms with E-state index in [0.717, 1.165) is 17.5 Å². The number of allylic oxidation sites excluding steroid dienone is 1. The van der Waals surface area contributed by atoms with Crippen molar-refractivity contribution in [3.8, 4) is 0 Å². The molecule has 0 amide bonds. The van der Waals surface area contributed by atoms with Gasteiger partial charge in [-0.3, -0.25) is 9.59 Å². The molecule has 0 bridgehead atoms. The van der Waals surface area contributed by atoms with Gasteiger partial charge in [-0.25, -0.2) is 0 Å². The Balaban J connectivity index is 2.63. The van der Waals surface area contributed by atoms with Crippen LogP contribution >= 0.6 is 0 Å². The van der Waals surface area contributed by atoms with E-state index in [2.05, 4.69) is 0 Å². The number of rotatable bonds is 6. The Bertz CT molecular complexity index is 481. The van der Waals surface area contributed by atoms with Gasteiger partial charge in [0, 0.05) is 0 Å². The van der Waals surface area contributed by atoms with E-state index in [4.69, 9.17) is 5.11 Å². The summed E-state index contributed by atoms with van der Waals surface area (Å²) < 4.78 is 0. The van der Waals surface area contributed by atoms with Crippen molar-refractivity contribution in [3.63, 3.8) is 0 Å². The normalized spacial score (nSPS) is 11.7. The van der Waals surface area contributed by atoms with Crippen LogP contribution in [0.4, 0.5) is 0 Å². The van der Waals surface area contributed by atoms with Crippen LogP contribution in [0.15, 0.2) is 30.3 Å². The maximum Gasteiger partial charge on any atom is 0.309 e. The molecule has 3 heteroatoms. The lowest BCUT2D eigenvalue weighted by molar-refractivity contribution is -0.147. The lowest BCUT2D eigenvalue weighted by atomic mass is 9.86. The quantitative estimate of drug-likeness (QED) is 0.798. The Labute approximate surface area is 114 Å². The van der Waals surface area contributed by atoms with Crippen LogP contribution in [0, 0.1) is 5.41 Å². The van der Waals surface area contributed by atoms with Gasteiger partial charge in [-0.05, 0) is 50.8 Å². The van der Waals surface area contributed by atoms with Crippen molar-refractivity contribution < 1.29 is 14.7 Å². The van der Waals surface area contributed by atoms with Crippen molar-refractivity contribution in [1.82, 2.24) is 0 Å². The minimum Gasteiger partial charge on any atom is -0.481 e. The second kappa shape index (κ2) is 6.32. The molecule has 0 heterocycles. The Morgan fingerprint density at radius 1 is 1.21 bits per heavy atom. The monoisotopic (exact) mass is 260 g/mol. The highest BCUT2D eigenvalue weighted by Crippen LogP contribution is 2.23. The van der Waals surface area contributed by atoms with E-state index < -0.39 is 11.4 Å². The smallest absolute Gasteiger partial charge is 0.309 e. The highest BCUT2D eigenvalue weighted by atomic mass is 16.4. The summed E-state index contributed by atoms with van der Waals surface area (Å²) >= 11 is 0. The van der Waals surface area contributed by atoms with E-state index in [1.165, 1.54) is 13.0 Å². The average Bonchev–Trinajstić information content (AvgIpc) is 2.35. The summed E-state index contributed by atoms with van der Waals surface area (Å²) in [7, 11) is 0. The van der Waals surface area contributed by atoms with Crippen LogP contribution in [0.25, 0.3) is 6.08 Å². The highest BCUT2D eigenvalue weighted by molar-refractivity contribution is 5.91. The third kappa shape index (κ3) is 5.08. The minimum absolute atomic E-state index is 0.0206. The van der Waals surface area contributed by atoms with Gasteiger partial charge in [0.2, 0.25) is 0 Å². The maximum atomic E-state index is 11.0. The first-order valence-electron chi connectivity index (χ1n) is 6.32. The van der Waals surface area contributed by atoms with Gasteiger partial charge >= 0.3 is 5.97 Å². The molecule has 0 aromatic heterocycles. The predicted octanol–water partition coefficient (Wildman–Crippen LogP) is 3.33. The van der Waals surface area contributed by atoms with Gasteiger partial charge in [0.05, 0.1) is 5.41 Å². The number of carboxylic acid groups (broad SMARTS) is 1. The van der Waals surface area contributed by atoms with Gasteiger partial charge in [0.15, 0.2) is 5.78 Å². The second-order valence-corrected chi connectivity index (χ2v) is 5.37. The van der Waals surface area contributed by atoms with E-state index in [9.17, 15) is 9.59 Å². The first-order chi connectivity index (χ1) is 8.81. The fourth-order valence-corrected chi connectivity index (χ4v) is 1.57. The minimum atomic E-state index is -0.770. The van der Waals surface area contributed by atoms with Gasteiger partial charge < -0.3 is 5.11 Å². The van der Waals surface area contributed by atoms with Gasteiger partial charge in [0.25, 0.3) is 0 Å². The van der Waals surface area contributed by atoms with Crippen LogP contribution in [0.2, 0.25) is 0 Å². The molecule has 19 heavy (non-hydrogen) atoms. The van der Waals surface area contributed by atoms with Gasteiger partial charge in [-0.1, -0.05) is 30.3 Å². The zero-order chi connectivity index (χ0) is 14.5. The summed E-state index contributed by atoms with van der Waals surface area (Å²) in [6.07, 6.45) is 4.64. The highest BCUT2D eigenvalue weighted by Gasteiger charge is 2.26. The van der Waals surface area contributed by atoms with Crippen LogP contribution in [0.5, 0.6) is 0 Å². The number of hydrogen-bond donors (Lipinski definition) is 1. The van der Waals surface area contributed by atoms with Crippen molar-refractivity contribution in [1.29, 1.82) is 0 Å². The molecule has 0 aliphatic heterocycles. The lowest BCUT2D eigenvalue weighted by Crippen LogP contribution is -2.24. The van der Waals surface area contributed by atoms with Crippen molar-refractivity contribution in [2.75, 3.05) is 0 Å². The molecule has 0 radical (unpaired) electrons. The fourth-order valence-electron chi connectivity index (χ4n) is 1.57. The molecular weight excluding hydrogens is 240 g/mol. The number of hydrogen-bond acceptors (Lipinski definition) is 2. The number of aryl methyl sites for hydroxylation is 1. The van der Waals surface area contributed by atoms with Crippen molar-refractivity contribution in [2.45, 2.75) is 33.6 Å².